The summed E-state index contributed by atoms with van der Waals surface area (Å²) in [6, 6.07) is 18.4. The molecule has 0 amide bonds. The van der Waals surface area contributed by atoms with E-state index in [0.29, 0.717) is 37.8 Å². The van der Waals surface area contributed by atoms with Crippen molar-refractivity contribution >= 4 is 29.4 Å². The average molecular weight is 599 g/mol. The largest absolute Gasteiger partial charge is 0.489 e. The van der Waals surface area contributed by atoms with Crippen molar-refractivity contribution < 1.29 is 33.6 Å². The van der Waals surface area contributed by atoms with Crippen LogP contribution in [0.15, 0.2) is 87.8 Å². The summed E-state index contributed by atoms with van der Waals surface area (Å²) in [4.78, 5) is 43.4. The van der Waals surface area contributed by atoms with Crippen LogP contribution in [0, 0.1) is 0 Å². The first-order valence-corrected chi connectivity index (χ1v) is 14.3. The van der Waals surface area contributed by atoms with Crippen LogP contribution in [0.4, 0.5) is 0 Å². The van der Waals surface area contributed by atoms with Gasteiger partial charge in [-0.25, -0.2) is 14.6 Å². The van der Waals surface area contributed by atoms with Gasteiger partial charge in [0.15, 0.2) is 16.3 Å². The number of hydrogen-bond donors (Lipinski definition) is 1. The third-order valence-corrected chi connectivity index (χ3v) is 7.95. The molecular formula is C32H26N2O8S. The molecule has 2 aliphatic heterocycles. The van der Waals surface area contributed by atoms with Gasteiger partial charge in [-0.3, -0.25) is 9.36 Å². The molecule has 3 aromatic carbocycles. The van der Waals surface area contributed by atoms with E-state index in [1.165, 1.54) is 22.0 Å². The number of allylic oxidation sites excluding steroid dienone is 1. The first-order valence-electron chi connectivity index (χ1n) is 13.5. The lowest BCUT2D eigenvalue weighted by molar-refractivity contribution is -0.139. The molecule has 3 heterocycles. The summed E-state index contributed by atoms with van der Waals surface area (Å²) < 4.78 is 24.2. The maximum absolute atomic E-state index is 13.9. The van der Waals surface area contributed by atoms with Gasteiger partial charge in [0.05, 0.1) is 34.0 Å². The lowest BCUT2D eigenvalue weighted by Crippen LogP contribution is -2.39. The number of aromatic carboxylic acids is 1. The second-order valence-corrected chi connectivity index (χ2v) is 10.8. The maximum atomic E-state index is 13.9. The second-order valence-electron chi connectivity index (χ2n) is 9.78. The number of nitrogens with zero attached hydrogens (tertiary/aromatic N) is 2. The van der Waals surface area contributed by atoms with Crippen LogP contribution in [0.2, 0.25) is 0 Å². The van der Waals surface area contributed by atoms with E-state index in [0.717, 1.165) is 11.1 Å². The van der Waals surface area contributed by atoms with Crippen molar-refractivity contribution in [2.75, 3.05) is 13.4 Å². The van der Waals surface area contributed by atoms with Crippen LogP contribution in [-0.4, -0.2) is 35.0 Å². The normalized spacial score (nSPS) is 15.6. The van der Waals surface area contributed by atoms with Crippen LogP contribution in [-0.2, 0) is 16.1 Å². The Kier molecular flexibility index (Phi) is 7.56. The summed E-state index contributed by atoms with van der Waals surface area (Å²) in [5.41, 5.74) is 2.73. The number of fused-ring (bicyclic) bond motifs is 2. The van der Waals surface area contributed by atoms with Crippen LogP contribution >= 0.6 is 11.3 Å². The molecule has 0 aliphatic carbocycles. The molecule has 10 nitrogen and oxygen atoms in total. The highest BCUT2D eigenvalue weighted by atomic mass is 32.1. The first-order chi connectivity index (χ1) is 20.8. The van der Waals surface area contributed by atoms with Gasteiger partial charge in [0, 0.05) is 0 Å². The summed E-state index contributed by atoms with van der Waals surface area (Å²) in [6.45, 7) is 3.91. The highest BCUT2D eigenvalue weighted by Crippen LogP contribution is 2.38. The zero-order valence-corrected chi connectivity index (χ0v) is 24.1. The number of thiazole rings is 1. The highest BCUT2D eigenvalue weighted by Gasteiger charge is 2.34. The van der Waals surface area contributed by atoms with Gasteiger partial charge >= 0.3 is 11.9 Å². The van der Waals surface area contributed by atoms with Gasteiger partial charge in [0.2, 0.25) is 6.79 Å². The van der Waals surface area contributed by atoms with E-state index < -0.39 is 18.0 Å². The number of esters is 1. The molecule has 0 spiro atoms. The van der Waals surface area contributed by atoms with E-state index >= 15 is 0 Å². The predicted molar refractivity (Wildman–Crippen MR) is 157 cm³/mol. The number of rotatable bonds is 8. The number of carbonyl (C=O) groups excluding carboxylic acids is 1. The van der Waals surface area contributed by atoms with Crippen molar-refractivity contribution in [1.29, 1.82) is 0 Å². The minimum atomic E-state index is -1.00. The lowest BCUT2D eigenvalue weighted by atomic mass is 9.95. The molecule has 11 heteroatoms. The molecule has 0 bridgehead atoms. The second kappa shape index (κ2) is 11.6. The molecule has 43 heavy (non-hydrogen) atoms. The fraction of sp³-hybridized carbons (Fsp3) is 0.188. The topological polar surface area (TPSA) is 126 Å². The monoisotopic (exact) mass is 598 g/mol. The Morgan fingerprint density at radius 2 is 1.91 bits per heavy atom. The molecule has 6 rings (SSSR count). The fourth-order valence-corrected chi connectivity index (χ4v) is 6.04. The average Bonchev–Trinajstić information content (AvgIpc) is 3.59. The van der Waals surface area contributed by atoms with Crippen LogP contribution < -0.4 is 29.1 Å². The Hall–Kier alpha value is -5.16. The van der Waals surface area contributed by atoms with Gasteiger partial charge in [0.1, 0.15) is 12.4 Å². The van der Waals surface area contributed by atoms with E-state index in [2.05, 4.69) is 4.99 Å². The Bertz CT molecular complexity index is 1970. The fourth-order valence-electron chi connectivity index (χ4n) is 5.00. The highest BCUT2D eigenvalue weighted by molar-refractivity contribution is 7.07. The number of ether oxygens (including phenoxy) is 4. The van der Waals surface area contributed by atoms with Crippen LogP contribution in [0.25, 0.3) is 6.08 Å². The molecular weight excluding hydrogens is 572 g/mol. The molecule has 218 valence electrons. The quantitative estimate of drug-likeness (QED) is 0.304. The summed E-state index contributed by atoms with van der Waals surface area (Å²) in [6.07, 6.45) is 1.75. The van der Waals surface area contributed by atoms with Crippen molar-refractivity contribution in [3.63, 3.8) is 0 Å². The van der Waals surface area contributed by atoms with Gasteiger partial charge in [-0.05, 0) is 73.0 Å². The predicted octanol–water partition coefficient (Wildman–Crippen LogP) is 3.80. The number of carboxylic acid groups (broad SMARTS) is 1. The Morgan fingerprint density at radius 1 is 1.09 bits per heavy atom. The number of carboxylic acids is 1. The van der Waals surface area contributed by atoms with Crippen LogP contribution in [0.5, 0.6) is 17.2 Å². The molecule has 2 aliphatic rings. The van der Waals surface area contributed by atoms with Gasteiger partial charge in [-0.1, -0.05) is 41.7 Å². The minimum absolute atomic E-state index is 0.0959. The SMILES string of the molecule is CCOC(=O)C1=C(C)N=c2s/c(=C\c3cccc(OCc4cccc(C(=O)O)c4)c3)c(=O)n2C1c1ccc2c(c1)OCO2. The number of benzene rings is 3. The first kappa shape index (κ1) is 28.0. The van der Waals surface area contributed by atoms with E-state index in [-0.39, 0.29) is 36.7 Å². The van der Waals surface area contributed by atoms with E-state index in [4.69, 9.17) is 18.9 Å². The molecule has 1 N–H and O–H groups in total. The molecule has 4 aromatic rings. The summed E-state index contributed by atoms with van der Waals surface area (Å²) in [7, 11) is 0. The molecule has 1 unspecified atom stereocenters. The third-order valence-electron chi connectivity index (χ3n) is 6.96. The molecule has 1 atom stereocenters. The summed E-state index contributed by atoms with van der Waals surface area (Å²) in [5, 5.41) is 9.24. The van der Waals surface area contributed by atoms with Crippen molar-refractivity contribution in [1.82, 2.24) is 4.57 Å². The minimum Gasteiger partial charge on any atom is -0.489 e. The van der Waals surface area contributed by atoms with Gasteiger partial charge < -0.3 is 24.1 Å². The Morgan fingerprint density at radius 3 is 2.72 bits per heavy atom. The van der Waals surface area contributed by atoms with E-state index in [1.807, 2.05) is 12.1 Å². The molecule has 0 saturated carbocycles. The van der Waals surface area contributed by atoms with Crippen molar-refractivity contribution in [2.24, 2.45) is 4.99 Å². The van der Waals surface area contributed by atoms with E-state index in [9.17, 15) is 19.5 Å². The standard InChI is InChI=1S/C32H26N2O8S/c1-3-39-31(38)27-18(2)33-32-34(28(27)21-10-11-24-25(15-21)42-17-41-24)29(35)26(43-32)14-19-6-5-9-23(13-19)40-16-20-7-4-8-22(12-20)30(36)37/h4-15,28H,3,16-17H2,1-2H3,(H,36,37)/b26-14-. The third kappa shape index (κ3) is 5.54. The molecule has 0 saturated heterocycles. The smallest absolute Gasteiger partial charge is 0.338 e. The van der Waals surface area contributed by atoms with Gasteiger partial charge in [-0.2, -0.15) is 0 Å². The van der Waals surface area contributed by atoms with Crippen molar-refractivity contribution in [3.05, 3.63) is 120 Å². The van der Waals surface area contributed by atoms with Gasteiger partial charge in [-0.15, -0.1) is 0 Å². The Labute approximate surface area is 249 Å². The van der Waals surface area contributed by atoms with Crippen molar-refractivity contribution in [3.8, 4) is 17.2 Å². The van der Waals surface area contributed by atoms with Gasteiger partial charge in [0.25, 0.3) is 5.56 Å². The zero-order chi connectivity index (χ0) is 30.1. The molecule has 0 radical (unpaired) electrons. The van der Waals surface area contributed by atoms with Crippen LogP contribution in [0.3, 0.4) is 0 Å². The maximum Gasteiger partial charge on any atom is 0.338 e. The molecule has 1 aromatic heterocycles. The summed E-state index contributed by atoms with van der Waals surface area (Å²) in [5.74, 6) is 0.131. The number of carbonyl (C=O) groups is 2. The number of hydrogen-bond acceptors (Lipinski definition) is 9. The summed E-state index contributed by atoms with van der Waals surface area (Å²) >= 11 is 1.22. The van der Waals surface area contributed by atoms with Crippen molar-refractivity contribution in [2.45, 2.75) is 26.5 Å². The van der Waals surface area contributed by atoms with Crippen LogP contribution in [0.1, 0.15) is 46.9 Å². The van der Waals surface area contributed by atoms with E-state index in [1.54, 1.807) is 68.5 Å². The lowest BCUT2D eigenvalue weighted by Gasteiger charge is -2.24. The zero-order valence-electron chi connectivity index (χ0n) is 23.2. The number of aromatic nitrogens is 1. The molecule has 0 fully saturated rings. The Balaban J connectivity index is 1.37.